The molecule has 0 fully saturated rings. The van der Waals surface area contributed by atoms with Gasteiger partial charge >= 0.3 is 16.8 Å². The third-order valence-electron chi connectivity index (χ3n) is 6.07. The predicted molar refractivity (Wildman–Crippen MR) is 165 cm³/mol. The zero-order valence-corrected chi connectivity index (χ0v) is 27.1. The van der Waals surface area contributed by atoms with Gasteiger partial charge in [-0.15, -0.1) is 0 Å². The van der Waals surface area contributed by atoms with Crippen LogP contribution in [0.2, 0.25) is 0 Å². The van der Waals surface area contributed by atoms with Crippen molar-refractivity contribution in [2.75, 3.05) is 0 Å². The van der Waals surface area contributed by atoms with Crippen molar-refractivity contribution in [2.24, 2.45) is 9.98 Å². The summed E-state index contributed by atoms with van der Waals surface area (Å²) in [6, 6.07) is 15.7. The number of aliphatic imine (C=N–C) groups is 2. The Bertz CT molecular complexity index is 1280. The van der Waals surface area contributed by atoms with E-state index >= 15 is 0 Å². The molecule has 0 unspecified atom stereocenters. The molecule has 0 heterocycles. The van der Waals surface area contributed by atoms with Gasteiger partial charge in [0.05, 0.1) is 11.4 Å². The first-order valence-corrected chi connectivity index (χ1v) is 13.9. The van der Waals surface area contributed by atoms with Crippen molar-refractivity contribution in [1.82, 2.24) is 0 Å². The van der Waals surface area contributed by atoms with Gasteiger partial charge in [-0.2, -0.15) is 0 Å². The number of carboxylic acid groups (broad SMARTS) is 2. The van der Waals surface area contributed by atoms with Crippen LogP contribution in [-0.4, -0.2) is 34.6 Å². The van der Waals surface area contributed by atoms with Gasteiger partial charge in [0.25, 0.3) is 0 Å². The summed E-state index contributed by atoms with van der Waals surface area (Å²) < 4.78 is 0. The standard InChI is InChI=1S/C30H36N2O2.2C2H4O2.Co/c1-7-21-13-23(29(33)27(15-21)19(3)4)17-31-25-9-11-26(12-10-25)32-18-24-14-22(8-2)16-28(20(5)6)30(24)34;2*1-2(3)4;/h9-20,33-34H,7-8H2,1-6H3;2*1H3,(H,3,4);/q;;;+2/p-2. The number of carboxylic acids is 2. The van der Waals surface area contributed by atoms with Crippen LogP contribution in [0.25, 0.3) is 0 Å². The number of aliphatic carboxylic acids is 2. The van der Waals surface area contributed by atoms with Crippen LogP contribution in [0.5, 0.6) is 11.5 Å². The van der Waals surface area contributed by atoms with Crippen molar-refractivity contribution < 1.29 is 46.8 Å². The number of phenolic OH excluding ortho intramolecular Hbond substituents is 2. The maximum Gasteiger partial charge on any atom is 2.00 e. The Balaban J connectivity index is 0.00000174. The van der Waals surface area contributed by atoms with Gasteiger partial charge < -0.3 is 30.0 Å². The molecular formula is C34H42CoN2O6. The SMILES string of the molecule is CC(=O)[O-].CC(=O)[O-].CCc1cc(C=Nc2ccc(N=Cc3cc(CC)cc(C(C)C)c3O)cc2)c(O)c(C(C)C)c1.[Co+2]. The zero-order valence-electron chi connectivity index (χ0n) is 26.1. The fourth-order valence-corrected chi connectivity index (χ4v) is 3.89. The van der Waals surface area contributed by atoms with E-state index in [4.69, 9.17) is 19.8 Å². The molecule has 0 atom stereocenters. The topological polar surface area (TPSA) is 145 Å². The number of carbonyl (C=O) groups excluding carboxylic acids is 2. The first-order valence-electron chi connectivity index (χ1n) is 13.9. The number of phenols is 2. The van der Waals surface area contributed by atoms with Gasteiger partial charge in [0.15, 0.2) is 0 Å². The summed E-state index contributed by atoms with van der Waals surface area (Å²) in [5.41, 5.74) is 7.29. The molecule has 0 aliphatic heterocycles. The normalized spacial score (nSPS) is 10.7. The summed E-state index contributed by atoms with van der Waals surface area (Å²) in [6.45, 7) is 14.5. The molecule has 0 aliphatic rings. The van der Waals surface area contributed by atoms with E-state index < -0.39 is 11.9 Å². The molecule has 3 aromatic carbocycles. The van der Waals surface area contributed by atoms with E-state index in [1.807, 2.05) is 36.4 Å². The van der Waals surface area contributed by atoms with Crippen molar-refractivity contribution >= 4 is 35.7 Å². The monoisotopic (exact) mass is 633 g/mol. The van der Waals surface area contributed by atoms with E-state index in [1.165, 1.54) is 11.1 Å². The molecule has 43 heavy (non-hydrogen) atoms. The number of rotatable bonds is 8. The number of carbonyl (C=O) groups is 2. The largest absolute Gasteiger partial charge is 2.00 e. The molecule has 0 aromatic heterocycles. The molecule has 9 heteroatoms. The summed E-state index contributed by atoms with van der Waals surface area (Å²) >= 11 is 0. The van der Waals surface area contributed by atoms with E-state index in [-0.39, 0.29) is 28.6 Å². The van der Waals surface area contributed by atoms with Gasteiger partial charge in [0.1, 0.15) is 11.5 Å². The van der Waals surface area contributed by atoms with Crippen molar-refractivity contribution in [1.29, 1.82) is 0 Å². The summed E-state index contributed by atoms with van der Waals surface area (Å²) in [5, 5.41) is 39.1. The van der Waals surface area contributed by atoms with Crippen LogP contribution < -0.4 is 10.2 Å². The molecular weight excluding hydrogens is 591 g/mol. The molecule has 233 valence electrons. The van der Waals surface area contributed by atoms with Crippen LogP contribution in [0.3, 0.4) is 0 Å². The van der Waals surface area contributed by atoms with E-state index in [0.717, 1.165) is 60.3 Å². The fourth-order valence-electron chi connectivity index (χ4n) is 3.89. The molecule has 0 spiro atoms. The Morgan fingerprint density at radius 3 is 1.21 bits per heavy atom. The van der Waals surface area contributed by atoms with Crippen molar-refractivity contribution in [2.45, 2.75) is 80.1 Å². The van der Waals surface area contributed by atoms with Crippen molar-refractivity contribution in [3.63, 3.8) is 0 Å². The minimum Gasteiger partial charge on any atom is -0.550 e. The zero-order chi connectivity index (χ0) is 32.0. The van der Waals surface area contributed by atoms with E-state index in [0.29, 0.717) is 11.5 Å². The summed E-state index contributed by atoms with van der Waals surface area (Å²) in [5.74, 6) is -1.09. The Morgan fingerprint density at radius 2 is 0.977 bits per heavy atom. The maximum atomic E-state index is 10.7. The van der Waals surface area contributed by atoms with Gasteiger partial charge in [-0.05, 0) is 97.2 Å². The summed E-state index contributed by atoms with van der Waals surface area (Å²) in [4.78, 5) is 26.9. The molecule has 3 aromatic rings. The predicted octanol–water partition coefficient (Wildman–Crippen LogP) is 5.48. The smallest absolute Gasteiger partial charge is 0.550 e. The van der Waals surface area contributed by atoms with Crippen LogP contribution in [-0.2, 0) is 39.2 Å². The molecule has 0 aliphatic carbocycles. The Morgan fingerprint density at radius 1 is 0.698 bits per heavy atom. The number of hydrogen-bond donors (Lipinski definition) is 2. The Kier molecular flexibility index (Phi) is 17.5. The van der Waals surface area contributed by atoms with Crippen molar-refractivity contribution in [3.8, 4) is 11.5 Å². The minimum absolute atomic E-state index is 0. The van der Waals surface area contributed by atoms with Crippen molar-refractivity contribution in [3.05, 3.63) is 81.9 Å². The number of nitrogens with zero attached hydrogens (tertiary/aromatic N) is 2. The number of benzene rings is 3. The van der Waals surface area contributed by atoms with E-state index in [1.54, 1.807) is 12.4 Å². The van der Waals surface area contributed by atoms with Gasteiger partial charge in [0.2, 0.25) is 0 Å². The third-order valence-corrected chi connectivity index (χ3v) is 6.07. The summed E-state index contributed by atoms with van der Waals surface area (Å²) in [6.07, 6.45) is 5.26. The second kappa shape index (κ2) is 19.3. The van der Waals surface area contributed by atoms with E-state index in [2.05, 4.69) is 63.7 Å². The van der Waals surface area contributed by atoms with Crippen LogP contribution >= 0.6 is 0 Å². The fraction of sp³-hybridized carbons (Fsp3) is 0.353. The van der Waals surface area contributed by atoms with Crippen LogP contribution in [0, 0.1) is 0 Å². The first kappa shape index (κ1) is 39.0. The molecule has 0 amide bonds. The molecule has 0 saturated heterocycles. The summed E-state index contributed by atoms with van der Waals surface area (Å²) in [7, 11) is 0. The Labute approximate surface area is 265 Å². The average Bonchev–Trinajstić information content (AvgIpc) is 2.91. The molecule has 8 nitrogen and oxygen atoms in total. The quantitative estimate of drug-likeness (QED) is 0.314. The third kappa shape index (κ3) is 13.7. The number of aromatic hydroxyl groups is 2. The number of hydrogen-bond acceptors (Lipinski definition) is 8. The molecule has 3 rings (SSSR count). The second-order valence-corrected chi connectivity index (χ2v) is 10.3. The maximum absolute atomic E-state index is 10.7. The van der Waals surface area contributed by atoms with Gasteiger partial charge in [-0.3, -0.25) is 9.98 Å². The van der Waals surface area contributed by atoms with Crippen LogP contribution in [0.1, 0.15) is 101 Å². The van der Waals surface area contributed by atoms with Crippen LogP contribution in [0.4, 0.5) is 11.4 Å². The average molecular weight is 634 g/mol. The molecule has 1 radical (unpaired) electrons. The van der Waals surface area contributed by atoms with Gasteiger partial charge in [-0.25, -0.2) is 0 Å². The molecule has 0 bridgehead atoms. The minimum atomic E-state index is -1.08. The molecule has 0 saturated carbocycles. The number of aryl methyl sites for hydroxylation is 2. The van der Waals surface area contributed by atoms with Gasteiger partial charge in [0, 0.05) is 35.5 Å². The second-order valence-electron chi connectivity index (χ2n) is 10.3. The first-order chi connectivity index (χ1) is 19.7. The Hall–Kier alpha value is -3.95. The van der Waals surface area contributed by atoms with Crippen LogP contribution in [0.15, 0.2) is 58.5 Å². The van der Waals surface area contributed by atoms with E-state index in [9.17, 15) is 10.2 Å². The molecule has 2 N–H and O–H groups in total. The van der Waals surface area contributed by atoms with Gasteiger partial charge in [-0.1, -0.05) is 53.7 Å².